The van der Waals surface area contributed by atoms with Gasteiger partial charge in [0.2, 0.25) is 0 Å². The van der Waals surface area contributed by atoms with Gasteiger partial charge >= 0.3 is 17.9 Å². The van der Waals surface area contributed by atoms with Crippen molar-refractivity contribution in [2.75, 3.05) is 20.8 Å². The number of ether oxygens (including phenoxy) is 5. The van der Waals surface area contributed by atoms with E-state index in [0.29, 0.717) is 17.1 Å². The number of hydrogen-bond acceptors (Lipinski definition) is 8. The summed E-state index contributed by atoms with van der Waals surface area (Å²) in [5, 5.41) is 0. The SMILES string of the molecule is COC(=O)COc1ccc(C=C2C(=O)OC(C)(C)OC2=O)cc1OC. The standard InChI is InChI=1S/C17H18O8/c1-17(2)24-15(19)11(16(20)25-17)7-10-5-6-12(13(8-10)21-3)23-9-14(18)22-4/h5-8H,9H2,1-4H3. The van der Waals surface area contributed by atoms with Crippen molar-refractivity contribution < 1.29 is 38.1 Å². The van der Waals surface area contributed by atoms with Crippen molar-refractivity contribution >= 4 is 24.0 Å². The Morgan fingerprint density at radius 3 is 2.32 bits per heavy atom. The van der Waals surface area contributed by atoms with Gasteiger partial charge in [-0.15, -0.1) is 0 Å². The minimum Gasteiger partial charge on any atom is -0.493 e. The Labute approximate surface area is 144 Å². The van der Waals surface area contributed by atoms with Gasteiger partial charge < -0.3 is 23.7 Å². The first-order valence-corrected chi connectivity index (χ1v) is 7.32. The molecule has 2 rings (SSSR count). The summed E-state index contributed by atoms with van der Waals surface area (Å²) in [4.78, 5) is 35.1. The van der Waals surface area contributed by atoms with Crippen molar-refractivity contribution in [1.29, 1.82) is 0 Å². The molecule has 0 amide bonds. The maximum Gasteiger partial charge on any atom is 0.348 e. The molecule has 0 unspecified atom stereocenters. The summed E-state index contributed by atoms with van der Waals surface area (Å²) in [6, 6.07) is 4.67. The predicted molar refractivity (Wildman–Crippen MR) is 84.7 cm³/mol. The van der Waals surface area contributed by atoms with Gasteiger partial charge in [0.15, 0.2) is 18.1 Å². The Kier molecular flexibility index (Phi) is 5.31. The molecule has 134 valence electrons. The van der Waals surface area contributed by atoms with Crippen LogP contribution in [-0.2, 0) is 28.6 Å². The minimum atomic E-state index is -1.30. The molecule has 1 aliphatic heterocycles. The summed E-state index contributed by atoms with van der Waals surface area (Å²) < 4.78 is 25.0. The van der Waals surface area contributed by atoms with Crippen LogP contribution in [-0.4, -0.2) is 44.5 Å². The lowest BCUT2D eigenvalue weighted by Gasteiger charge is -2.29. The van der Waals surface area contributed by atoms with Crippen LogP contribution in [0, 0.1) is 0 Å². The highest BCUT2D eigenvalue weighted by Gasteiger charge is 2.38. The second-order valence-electron chi connectivity index (χ2n) is 5.51. The Bertz CT molecular complexity index is 710. The highest BCUT2D eigenvalue weighted by Crippen LogP contribution is 2.30. The number of methoxy groups -OCH3 is 2. The molecule has 8 heteroatoms. The van der Waals surface area contributed by atoms with E-state index in [1.807, 2.05) is 0 Å². The number of hydrogen-bond donors (Lipinski definition) is 0. The minimum absolute atomic E-state index is 0.232. The molecule has 0 aliphatic carbocycles. The number of carbonyl (C=O) groups is 3. The Balaban J connectivity index is 2.24. The van der Waals surface area contributed by atoms with Crippen LogP contribution < -0.4 is 9.47 Å². The zero-order valence-electron chi connectivity index (χ0n) is 14.3. The van der Waals surface area contributed by atoms with Crippen molar-refractivity contribution in [1.82, 2.24) is 0 Å². The zero-order valence-corrected chi connectivity index (χ0v) is 14.3. The van der Waals surface area contributed by atoms with Crippen LogP contribution in [0.4, 0.5) is 0 Å². The molecular formula is C17H18O8. The van der Waals surface area contributed by atoms with Crippen LogP contribution in [0.25, 0.3) is 6.08 Å². The van der Waals surface area contributed by atoms with E-state index < -0.39 is 23.7 Å². The van der Waals surface area contributed by atoms with E-state index in [-0.39, 0.29) is 12.2 Å². The number of esters is 3. The van der Waals surface area contributed by atoms with Crippen LogP contribution in [0.1, 0.15) is 19.4 Å². The third-order valence-corrected chi connectivity index (χ3v) is 3.19. The molecule has 0 saturated carbocycles. The fraction of sp³-hybridized carbons (Fsp3) is 0.353. The van der Waals surface area contributed by atoms with Gasteiger partial charge in [-0.1, -0.05) is 6.07 Å². The number of benzene rings is 1. The molecule has 1 heterocycles. The van der Waals surface area contributed by atoms with E-state index >= 15 is 0 Å². The van der Waals surface area contributed by atoms with E-state index in [0.717, 1.165) is 0 Å². The average Bonchev–Trinajstić information content (AvgIpc) is 2.55. The van der Waals surface area contributed by atoms with Gasteiger partial charge in [-0.25, -0.2) is 14.4 Å². The quantitative estimate of drug-likeness (QED) is 0.447. The summed E-state index contributed by atoms with van der Waals surface area (Å²) in [5.74, 6) is -2.75. The third kappa shape index (κ3) is 4.50. The zero-order chi connectivity index (χ0) is 18.6. The maximum atomic E-state index is 12.0. The molecule has 1 aromatic carbocycles. The van der Waals surface area contributed by atoms with Crippen molar-refractivity contribution in [2.45, 2.75) is 19.6 Å². The first-order valence-electron chi connectivity index (χ1n) is 7.32. The molecule has 0 bridgehead atoms. The highest BCUT2D eigenvalue weighted by molar-refractivity contribution is 6.18. The third-order valence-electron chi connectivity index (χ3n) is 3.19. The van der Waals surface area contributed by atoms with Crippen molar-refractivity contribution in [3.05, 3.63) is 29.3 Å². The monoisotopic (exact) mass is 350 g/mol. The fourth-order valence-electron chi connectivity index (χ4n) is 2.03. The lowest BCUT2D eigenvalue weighted by atomic mass is 10.1. The normalized spacial score (nSPS) is 15.8. The highest BCUT2D eigenvalue weighted by atomic mass is 16.7. The number of carbonyl (C=O) groups excluding carboxylic acids is 3. The van der Waals surface area contributed by atoms with Crippen LogP contribution in [0.15, 0.2) is 23.8 Å². The lowest BCUT2D eigenvalue weighted by Crippen LogP contribution is -2.41. The van der Waals surface area contributed by atoms with Crippen LogP contribution >= 0.6 is 0 Å². The summed E-state index contributed by atoms with van der Waals surface area (Å²) in [7, 11) is 2.67. The molecule has 25 heavy (non-hydrogen) atoms. The van der Waals surface area contributed by atoms with Crippen LogP contribution in [0.2, 0.25) is 0 Å². The molecule has 0 spiro atoms. The molecule has 0 N–H and O–H groups in total. The molecule has 0 radical (unpaired) electrons. The topological polar surface area (TPSA) is 97.4 Å². The molecule has 1 aliphatic rings. The van der Waals surface area contributed by atoms with E-state index in [9.17, 15) is 14.4 Å². The Hall–Kier alpha value is -3.03. The Morgan fingerprint density at radius 1 is 1.12 bits per heavy atom. The summed E-state index contributed by atoms with van der Waals surface area (Å²) in [6.07, 6.45) is 1.33. The smallest absolute Gasteiger partial charge is 0.348 e. The Morgan fingerprint density at radius 2 is 1.76 bits per heavy atom. The number of rotatable bonds is 5. The molecule has 1 aromatic rings. The van der Waals surface area contributed by atoms with E-state index in [4.69, 9.17) is 18.9 Å². The molecule has 1 fully saturated rings. The van der Waals surface area contributed by atoms with Crippen molar-refractivity contribution in [2.24, 2.45) is 0 Å². The van der Waals surface area contributed by atoms with Gasteiger partial charge in [0, 0.05) is 13.8 Å². The van der Waals surface area contributed by atoms with Gasteiger partial charge in [0.05, 0.1) is 14.2 Å². The van der Waals surface area contributed by atoms with Crippen LogP contribution in [0.5, 0.6) is 11.5 Å². The molecule has 0 aromatic heterocycles. The van der Waals surface area contributed by atoms with Crippen molar-refractivity contribution in [3.63, 3.8) is 0 Å². The average molecular weight is 350 g/mol. The largest absolute Gasteiger partial charge is 0.493 e. The van der Waals surface area contributed by atoms with E-state index in [2.05, 4.69) is 4.74 Å². The van der Waals surface area contributed by atoms with Crippen LogP contribution in [0.3, 0.4) is 0 Å². The van der Waals surface area contributed by atoms with Gasteiger partial charge in [0.25, 0.3) is 5.79 Å². The first kappa shape index (κ1) is 18.3. The molecule has 8 nitrogen and oxygen atoms in total. The van der Waals surface area contributed by atoms with Crippen molar-refractivity contribution in [3.8, 4) is 11.5 Å². The summed E-state index contributed by atoms with van der Waals surface area (Å²) >= 11 is 0. The lowest BCUT2D eigenvalue weighted by molar-refractivity contribution is -0.222. The summed E-state index contributed by atoms with van der Waals surface area (Å²) in [6.45, 7) is 2.66. The van der Waals surface area contributed by atoms with E-state index in [1.165, 1.54) is 40.2 Å². The summed E-state index contributed by atoms with van der Waals surface area (Å²) in [5.41, 5.74) is 0.260. The van der Waals surface area contributed by atoms with Gasteiger partial charge in [-0.05, 0) is 23.8 Å². The molecule has 0 atom stereocenters. The fourth-order valence-corrected chi connectivity index (χ4v) is 2.03. The predicted octanol–water partition coefficient (Wildman–Crippen LogP) is 1.47. The van der Waals surface area contributed by atoms with E-state index in [1.54, 1.807) is 12.1 Å². The van der Waals surface area contributed by atoms with Gasteiger partial charge in [0.1, 0.15) is 5.57 Å². The maximum absolute atomic E-state index is 12.0. The second kappa shape index (κ2) is 7.25. The van der Waals surface area contributed by atoms with Gasteiger partial charge in [-0.2, -0.15) is 0 Å². The number of cyclic esters (lactones) is 2. The second-order valence-corrected chi connectivity index (χ2v) is 5.51. The first-order chi connectivity index (χ1) is 11.8. The molecule has 1 saturated heterocycles. The molecular weight excluding hydrogens is 332 g/mol. The van der Waals surface area contributed by atoms with Gasteiger partial charge in [-0.3, -0.25) is 0 Å².